The molecule has 4 bridgehead atoms. The van der Waals surface area contributed by atoms with Crippen molar-refractivity contribution in [3.8, 4) is 0 Å². The fourth-order valence-corrected chi connectivity index (χ4v) is 6.28. The van der Waals surface area contributed by atoms with E-state index in [1.165, 1.54) is 38.5 Å². The lowest BCUT2D eigenvalue weighted by Crippen LogP contribution is -2.55. The van der Waals surface area contributed by atoms with Crippen LogP contribution in [0.1, 0.15) is 50.3 Å². The Bertz CT molecular complexity index is 539. The standard InChI is InChI=1S/C19H25NOS/c1-13(20-18(21)5-4-17-3-2-6-22-17)19-10-14-7-15(11-19)9-16(8-14)12-19/h2-6,13-16H,7-12H2,1H3,(H,20,21)/b5-4+/t13-,14?,15?,16?,19?/m1/s1. The molecule has 0 aliphatic heterocycles. The number of rotatable bonds is 4. The van der Waals surface area contributed by atoms with Gasteiger partial charge in [0.1, 0.15) is 0 Å². The summed E-state index contributed by atoms with van der Waals surface area (Å²) in [7, 11) is 0. The molecule has 2 nitrogen and oxygen atoms in total. The van der Waals surface area contributed by atoms with Gasteiger partial charge in [0.15, 0.2) is 0 Å². The van der Waals surface area contributed by atoms with Crippen molar-refractivity contribution in [3.63, 3.8) is 0 Å². The minimum absolute atomic E-state index is 0.0663. The van der Waals surface area contributed by atoms with Gasteiger partial charge in [-0.15, -0.1) is 11.3 Å². The highest BCUT2D eigenvalue weighted by Crippen LogP contribution is 2.61. The molecule has 4 aliphatic carbocycles. The van der Waals surface area contributed by atoms with Crippen LogP contribution in [0.3, 0.4) is 0 Å². The van der Waals surface area contributed by atoms with E-state index >= 15 is 0 Å². The summed E-state index contributed by atoms with van der Waals surface area (Å²) < 4.78 is 0. The van der Waals surface area contributed by atoms with Gasteiger partial charge in [0.2, 0.25) is 5.91 Å². The molecule has 1 atom stereocenters. The highest BCUT2D eigenvalue weighted by Gasteiger charge is 2.53. The second-order valence-corrected chi connectivity index (χ2v) is 8.84. The SMILES string of the molecule is C[C@@H](NC(=O)/C=C/c1cccs1)C12CC3CC(CC(C3)C1)C2. The molecule has 1 aromatic rings. The van der Waals surface area contributed by atoms with Crippen molar-refractivity contribution in [2.24, 2.45) is 23.2 Å². The Hall–Kier alpha value is -1.09. The Kier molecular flexibility index (Phi) is 3.64. The van der Waals surface area contributed by atoms with E-state index in [9.17, 15) is 4.79 Å². The van der Waals surface area contributed by atoms with Gasteiger partial charge in [-0.2, -0.15) is 0 Å². The first kappa shape index (κ1) is 14.5. The van der Waals surface area contributed by atoms with E-state index in [1.807, 2.05) is 23.6 Å². The second-order valence-electron chi connectivity index (χ2n) is 7.86. The van der Waals surface area contributed by atoms with E-state index < -0.39 is 0 Å². The molecule has 0 spiro atoms. The van der Waals surface area contributed by atoms with Crippen molar-refractivity contribution in [1.82, 2.24) is 5.32 Å². The summed E-state index contributed by atoms with van der Waals surface area (Å²) in [6.45, 7) is 2.24. The molecule has 0 unspecified atom stereocenters. The number of thiophene rings is 1. The molecule has 5 rings (SSSR count). The summed E-state index contributed by atoms with van der Waals surface area (Å²) >= 11 is 1.66. The fourth-order valence-electron chi connectivity index (χ4n) is 5.67. The summed E-state index contributed by atoms with van der Waals surface area (Å²) in [5, 5.41) is 5.32. The molecule has 0 aromatic carbocycles. The number of amides is 1. The van der Waals surface area contributed by atoms with Gasteiger partial charge in [0, 0.05) is 17.0 Å². The van der Waals surface area contributed by atoms with Gasteiger partial charge >= 0.3 is 0 Å². The van der Waals surface area contributed by atoms with Crippen molar-refractivity contribution < 1.29 is 4.79 Å². The number of hydrogen-bond acceptors (Lipinski definition) is 2. The minimum atomic E-state index is 0.0663. The zero-order valence-corrected chi connectivity index (χ0v) is 14.1. The van der Waals surface area contributed by atoms with Gasteiger partial charge < -0.3 is 5.32 Å². The molecule has 118 valence electrons. The first-order valence-corrected chi connectivity index (χ1v) is 9.53. The summed E-state index contributed by atoms with van der Waals surface area (Å²) in [5.74, 6) is 2.88. The van der Waals surface area contributed by atoms with E-state index in [0.29, 0.717) is 11.5 Å². The zero-order valence-electron chi connectivity index (χ0n) is 13.3. The van der Waals surface area contributed by atoms with Crippen molar-refractivity contribution >= 4 is 23.3 Å². The molecule has 4 fully saturated rings. The van der Waals surface area contributed by atoms with Crippen molar-refractivity contribution in [3.05, 3.63) is 28.5 Å². The third kappa shape index (κ3) is 2.64. The predicted octanol–water partition coefficient (Wildman–Crippen LogP) is 4.48. The molecular weight excluding hydrogens is 290 g/mol. The molecule has 1 amide bonds. The topological polar surface area (TPSA) is 29.1 Å². The number of hydrogen-bond donors (Lipinski definition) is 1. The molecule has 4 aliphatic rings. The summed E-state index contributed by atoms with van der Waals surface area (Å²) in [5.41, 5.74) is 0.390. The van der Waals surface area contributed by atoms with Gasteiger partial charge in [0.05, 0.1) is 0 Å². The molecule has 22 heavy (non-hydrogen) atoms. The quantitative estimate of drug-likeness (QED) is 0.815. The molecule has 0 saturated heterocycles. The van der Waals surface area contributed by atoms with Gasteiger partial charge in [-0.3, -0.25) is 4.79 Å². The maximum Gasteiger partial charge on any atom is 0.244 e. The lowest BCUT2D eigenvalue weighted by molar-refractivity contribution is -0.121. The van der Waals surface area contributed by atoms with Crippen LogP contribution in [-0.4, -0.2) is 11.9 Å². The summed E-state index contributed by atoms with van der Waals surface area (Å²) in [6.07, 6.45) is 12.0. The minimum Gasteiger partial charge on any atom is -0.350 e. The lowest BCUT2D eigenvalue weighted by Gasteiger charge is -2.59. The average molecular weight is 315 g/mol. The Morgan fingerprint density at radius 1 is 1.27 bits per heavy atom. The molecule has 4 saturated carbocycles. The third-order valence-corrected chi connectivity index (χ3v) is 7.14. The van der Waals surface area contributed by atoms with E-state index in [1.54, 1.807) is 17.4 Å². The van der Waals surface area contributed by atoms with Crippen LogP contribution < -0.4 is 5.32 Å². The molecule has 3 heteroatoms. The largest absolute Gasteiger partial charge is 0.350 e. The van der Waals surface area contributed by atoms with E-state index in [4.69, 9.17) is 0 Å². The summed E-state index contributed by atoms with van der Waals surface area (Å²) in [4.78, 5) is 13.4. The lowest BCUT2D eigenvalue weighted by atomic mass is 9.48. The third-order valence-electron chi connectivity index (χ3n) is 6.31. The Balaban J connectivity index is 1.41. The van der Waals surface area contributed by atoms with Crippen molar-refractivity contribution in [2.75, 3.05) is 0 Å². The average Bonchev–Trinajstić information content (AvgIpc) is 2.97. The molecule has 1 heterocycles. The van der Waals surface area contributed by atoms with Gasteiger partial charge in [0.25, 0.3) is 0 Å². The van der Waals surface area contributed by atoms with Crippen LogP contribution in [0.4, 0.5) is 0 Å². The van der Waals surface area contributed by atoms with Crippen molar-refractivity contribution in [1.29, 1.82) is 0 Å². The van der Waals surface area contributed by atoms with Crippen molar-refractivity contribution in [2.45, 2.75) is 51.5 Å². The van der Waals surface area contributed by atoms with Gasteiger partial charge in [-0.05, 0) is 86.1 Å². The van der Waals surface area contributed by atoms with Crippen LogP contribution in [0.15, 0.2) is 23.6 Å². The van der Waals surface area contributed by atoms with E-state index in [-0.39, 0.29) is 5.91 Å². The fraction of sp³-hybridized carbons (Fsp3) is 0.632. The molecule has 1 aromatic heterocycles. The van der Waals surface area contributed by atoms with Crippen LogP contribution in [0, 0.1) is 23.2 Å². The van der Waals surface area contributed by atoms with Crippen LogP contribution >= 0.6 is 11.3 Å². The number of carbonyl (C=O) groups is 1. The predicted molar refractivity (Wildman–Crippen MR) is 91.6 cm³/mol. The molecular formula is C19H25NOS. The second kappa shape index (κ2) is 5.52. The van der Waals surface area contributed by atoms with Crippen LogP contribution in [0.5, 0.6) is 0 Å². The van der Waals surface area contributed by atoms with Crippen LogP contribution in [0.25, 0.3) is 6.08 Å². The molecule has 0 radical (unpaired) electrons. The van der Waals surface area contributed by atoms with Gasteiger partial charge in [-0.25, -0.2) is 0 Å². The summed E-state index contributed by atoms with van der Waals surface area (Å²) in [6, 6.07) is 4.36. The van der Waals surface area contributed by atoms with Crippen LogP contribution in [-0.2, 0) is 4.79 Å². The normalized spacial score (nSPS) is 37.6. The monoisotopic (exact) mass is 315 g/mol. The Morgan fingerprint density at radius 3 is 2.45 bits per heavy atom. The highest BCUT2D eigenvalue weighted by molar-refractivity contribution is 7.10. The van der Waals surface area contributed by atoms with Gasteiger partial charge in [-0.1, -0.05) is 6.07 Å². The Morgan fingerprint density at radius 2 is 1.91 bits per heavy atom. The smallest absolute Gasteiger partial charge is 0.244 e. The van der Waals surface area contributed by atoms with E-state index in [0.717, 1.165) is 22.6 Å². The number of carbonyl (C=O) groups excluding carboxylic acids is 1. The Labute approximate surface area is 137 Å². The first-order valence-electron chi connectivity index (χ1n) is 8.65. The molecule has 1 N–H and O–H groups in total. The zero-order chi connectivity index (χ0) is 15.2. The maximum atomic E-state index is 12.2. The highest BCUT2D eigenvalue weighted by atomic mass is 32.1. The van der Waals surface area contributed by atoms with E-state index in [2.05, 4.69) is 12.2 Å². The number of nitrogens with one attached hydrogen (secondary N) is 1. The first-order chi connectivity index (χ1) is 10.6. The van der Waals surface area contributed by atoms with Crippen LogP contribution in [0.2, 0.25) is 0 Å². The maximum absolute atomic E-state index is 12.2.